The number of benzene rings is 1. The monoisotopic (exact) mass is 249 g/mol. The molecule has 100 valence electrons. The van der Waals surface area contributed by atoms with E-state index in [0.29, 0.717) is 25.5 Å². The Balaban J connectivity index is 2.28. The minimum absolute atomic E-state index is 0.165. The van der Waals surface area contributed by atoms with Gasteiger partial charge in [0.1, 0.15) is 5.60 Å². The molecule has 3 heteroatoms. The predicted molar refractivity (Wildman–Crippen MR) is 72.5 cm³/mol. The Morgan fingerprint density at radius 3 is 2.94 bits per heavy atom. The summed E-state index contributed by atoms with van der Waals surface area (Å²) in [6.07, 6.45) is 2.74. The normalized spacial score (nSPS) is 26.9. The van der Waals surface area contributed by atoms with E-state index in [1.54, 1.807) is 0 Å². The largest absolute Gasteiger partial charge is 0.396 e. The highest BCUT2D eigenvalue weighted by Crippen LogP contribution is 2.42. The smallest absolute Gasteiger partial charge is 0.106 e. The first-order valence-electron chi connectivity index (χ1n) is 6.78. The maximum absolute atomic E-state index is 8.88. The molecular formula is C15H23NO2. The Morgan fingerprint density at radius 2 is 2.22 bits per heavy atom. The van der Waals surface area contributed by atoms with Crippen molar-refractivity contribution in [2.75, 3.05) is 19.8 Å². The van der Waals surface area contributed by atoms with Gasteiger partial charge in [-0.3, -0.25) is 0 Å². The Kier molecular flexibility index (Phi) is 4.38. The molecule has 2 atom stereocenters. The van der Waals surface area contributed by atoms with Crippen molar-refractivity contribution in [2.45, 2.75) is 37.7 Å². The van der Waals surface area contributed by atoms with Crippen LogP contribution in [0.15, 0.2) is 24.3 Å². The van der Waals surface area contributed by atoms with Crippen molar-refractivity contribution >= 4 is 0 Å². The molecule has 0 spiro atoms. The molecule has 0 bridgehead atoms. The van der Waals surface area contributed by atoms with E-state index in [0.717, 1.165) is 12.8 Å². The third kappa shape index (κ3) is 2.44. The van der Waals surface area contributed by atoms with Gasteiger partial charge in [-0.05, 0) is 36.3 Å². The van der Waals surface area contributed by atoms with Crippen molar-refractivity contribution in [2.24, 2.45) is 5.73 Å². The minimum Gasteiger partial charge on any atom is -0.396 e. The Bertz CT molecular complexity index is 394. The molecule has 1 aliphatic rings. The lowest BCUT2D eigenvalue weighted by Crippen LogP contribution is -2.42. The lowest BCUT2D eigenvalue weighted by molar-refractivity contribution is -0.0615. The van der Waals surface area contributed by atoms with E-state index < -0.39 is 0 Å². The number of rotatable bonds is 5. The summed E-state index contributed by atoms with van der Waals surface area (Å²) >= 11 is 0. The quantitative estimate of drug-likeness (QED) is 0.786. The fourth-order valence-corrected chi connectivity index (χ4v) is 2.83. The van der Waals surface area contributed by atoms with Gasteiger partial charge in [0, 0.05) is 13.2 Å². The van der Waals surface area contributed by atoms with E-state index in [1.807, 2.05) is 0 Å². The molecule has 1 aliphatic carbocycles. The summed E-state index contributed by atoms with van der Waals surface area (Å²) in [5.41, 5.74) is 8.24. The van der Waals surface area contributed by atoms with Crippen LogP contribution in [-0.2, 0) is 10.3 Å². The van der Waals surface area contributed by atoms with Crippen LogP contribution < -0.4 is 5.73 Å². The van der Waals surface area contributed by atoms with Gasteiger partial charge in [-0.2, -0.15) is 0 Å². The van der Waals surface area contributed by atoms with Crippen LogP contribution in [0.1, 0.15) is 43.2 Å². The summed E-state index contributed by atoms with van der Waals surface area (Å²) < 4.78 is 6.05. The molecule has 0 saturated heterocycles. The van der Waals surface area contributed by atoms with Gasteiger partial charge in [0.25, 0.3) is 0 Å². The van der Waals surface area contributed by atoms with Crippen LogP contribution in [0.3, 0.4) is 0 Å². The van der Waals surface area contributed by atoms with E-state index in [-0.39, 0.29) is 12.2 Å². The summed E-state index contributed by atoms with van der Waals surface area (Å²) in [7, 11) is 0. The molecule has 18 heavy (non-hydrogen) atoms. The molecule has 3 nitrogen and oxygen atoms in total. The fraction of sp³-hybridized carbons (Fsp3) is 0.600. The molecule has 2 rings (SSSR count). The number of aliphatic hydroxyl groups excluding tert-OH is 1. The molecule has 3 N–H and O–H groups in total. The van der Waals surface area contributed by atoms with Gasteiger partial charge >= 0.3 is 0 Å². The molecule has 0 fully saturated rings. The van der Waals surface area contributed by atoms with Crippen LogP contribution in [-0.4, -0.2) is 24.9 Å². The van der Waals surface area contributed by atoms with Crippen LogP contribution >= 0.6 is 0 Å². The molecule has 1 aromatic rings. The number of ether oxygens (including phenoxy) is 1. The van der Waals surface area contributed by atoms with E-state index in [2.05, 4.69) is 31.2 Å². The zero-order valence-corrected chi connectivity index (χ0v) is 11.1. The molecule has 0 heterocycles. The summed E-state index contributed by atoms with van der Waals surface area (Å²) in [4.78, 5) is 0. The number of fused-ring (bicyclic) bond motifs is 1. The number of hydrogen-bond donors (Lipinski definition) is 2. The lowest BCUT2D eigenvalue weighted by Gasteiger charge is -2.40. The van der Waals surface area contributed by atoms with Crippen molar-refractivity contribution in [3.63, 3.8) is 0 Å². The first-order valence-corrected chi connectivity index (χ1v) is 6.78. The summed E-state index contributed by atoms with van der Waals surface area (Å²) in [5.74, 6) is 0.572. The molecular weight excluding hydrogens is 226 g/mol. The number of hydrogen-bond acceptors (Lipinski definition) is 3. The molecule has 0 aromatic heterocycles. The van der Waals surface area contributed by atoms with Crippen LogP contribution in [0.5, 0.6) is 0 Å². The highest BCUT2D eigenvalue weighted by molar-refractivity contribution is 5.37. The third-order valence-corrected chi connectivity index (χ3v) is 3.97. The topological polar surface area (TPSA) is 55.5 Å². The second kappa shape index (κ2) is 5.83. The van der Waals surface area contributed by atoms with Gasteiger partial charge in [0.2, 0.25) is 0 Å². The zero-order chi connectivity index (χ0) is 13.0. The minimum atomic E-state index is -0.349. The highest BCUT2D eigenvalue weighted by Gasteiger charge is 2.38. The maximum atomic E-state index is 8.88. The second-order valence-electron chi connectivity index (χ2n) is 5.15. The Hall–Kier alpha value is -0.900. The number of nitrogens with two attached hydrogens (primary N) is 1. The van der Waals surface area contributed by atoms with Crippen LogP contribution in [0.4, 0.5) is 0 Å². The van der Waals surface area contributed by atoms with Gasteiger partial charge in [-0.1, -0.05) is 31.2 Å². The van der Waals surface area contributed by atoms with Crippen LogP contribution in [0.25, 0.3) is 0 Å². The summed E-state index contributed by atoms with van der Waals surface area (Å²) in [5, 5.41) is 8.88. The van der Waals surface area contributed by atoms with Crippen molar-refractivity contribution in [1.82, 2.24) is 0 Å². The molecule has 0 amide bonds. The molecule has 0 saturated carbocycles. The van der Waals surface area contributed by atoms with Crippen LogP contribution in [0, 0.1) is 0 Å². The van der Waals surface area contributed by atoms with Crippen molar-refractivity contribution in [3.05, 3.63) is 35.4 Å². The molecule has 0 aliphatic heterocycles. The summed E-state index contributed by atoms with van der Waals surface area (Å²) in [6.45, 7) is 3.49. The maximum Gasteiger partial charge on any atom is 0.106 e. The third-order valence-electron chi connectivity index (χ3n) is 3.97. The van der Waals surface area contributed by atoms with E-state index in [9.17, 15) is 0 Å². The average molecular weight is 249 g/mol. The SMILES string of the molecule is CC1CCC(CN)(OCCCO)c2ccccc21. The standard InChI is InChI=1S/C15H23NO2/c1-12-7-8-15(11-16,18-10-4-9-17)14-6-3-2-5-13(12)14/h2-3,5-6,12,17H,4,7-11,16H2,1H3. The Labute approximate surface area is 109 Å². The lowest BCUT2D eigenvalue weighted by atomic mass is 9.74. The first-order chi connectivity index (χ1) is 8.73. The van der Waals surface area contributed by atoms with Gasteiger partial charge in [0.15, 0.2) is 0 Å². The fourth-order valence-electron chi connectivity index (χ4n) is 2.83. The van der Waals surface area contributed by atoms with Crippen molar-refractivity contribution in [3.8, 4) is 0 Å². The molecule has 2 unspecified atom stereocenters. The van der Waals surface area contributed by atoms with Gasteiger partial charge < -0.3 is 15.6 Å². The molecule has 0 radical (unpaired) electrons. The van der Waals surface area contributed by atoms with Crippen LogP contribution in [0.2, 0.25) is 0 Å². The van der Waals surface area contributed by atoms with Crippen molar-refractivity contribution in [1.29, 1.82) is 0 Å². The first kappa shape index (κ1) is 13.5. The van der Waals surface area contributed by atoms with E-state index in [4.69, 9.17) is 15.6 Å². The highest BCUT2D eigenvalue weighted by atomic mass is 16.5. The predicted octanol–water partition coefficient (Wildman–Crippen LogP) is 2.14. The Morgan fingerprint density at radius 1 is 1.44 bits per heavy atom. The van der Waals surface area contributed by atoms with Gasteiger partial charge in [-0.25, -0.2) is 0 Å². The molecule has 1 aromatic carbocycles. The van der Waals surface area contributed by atoms with Crippen molar-refractivity contribution < 1.29 is 9.84 Å². The summed E-state index contributed by atoms with van der Waals surface area (Å²) in [6, 6.07) is 8.45. The van der Waals surface area contributed by atoms with E-state index in [1.165, 1.54) is 11.1 Å². The van der Waals surface area contributed by atoms with Gasteiger partial charge in [-0.15, -0.1) is 0 Å². The average Bonchev–Trinajstić information content (AvgIpc) is 2.42. The second-order valence-corrected chi connectivity index (χ2v) is 5.15. The number of aliphatic hydroxyl groups is 1. The van der Waals surface area contributed by atoms with Gasteiger partial charge in [0.05, 0.1) is 6.61 Å². The zero-order valence-electron chi connectivity index (χ0n) is 11.1. The van der Waals surface area contributed by atoms with E-state index >= 15 is 0 Å².